The minimum atomic E-state index is -1.29. The molecule has 0 spiro atoms. The monoisotopic (exact) mass is 509 g/mol. The highest BCUT2D eigenvalue weighted by Crippen LogP contribution is 2.11. The van der Waals surface area contributed by atoms with Gasteiger partial charge in [-0.05, 0) is 44.4 Å². The second-order valence-electron chi connectivity index (χ2n) is 8.28. The Morgan fingerprint density at radius 2 is 1.53 bits per heavy atom. The molecule has 36 heavy (non-hydrogen) atoms. The van der Waals surface area contributed by atoms with Gasteiger partial charge in [0.2, 0.25) is 17.7 Å². The summed E-state index contributed by atoms with van der Waals surface area (Å²) in [6, 6.07) is 0.983. The predicted molar refractivity (Wildman–Crippen MR) is 130 cm³/mol. The number of aliphatic carboxylic acids is 1. The number of carboxylic acid groups (broad SMARTS) is 1. The highest BCUT2D eigenvalue weighted by atomic mass is 16.4. The summed E-state index contributed by atoms with van der Waals surface area (Å²) in [6.07, 6.45) is -0.827. The molecule has 0 saturated heterocycles. The van der Waals surface area contributed by atoms with Crippen LogP contribution in [0.4, 0.5) is 0 Å². The van der Waals surface area contributed by atoms with E-state index in [1.165, 1.54) is 38.1 Å². The van der Waals surface area contributed by atoms with Crippen LogP contribution in [0.5, 0.6) is 5.75 Å². The number of aliphatic imine (C=N–C) groups is 1. The number of carbonyl (C=O) groups is 4. The molecule has 0 saturated carbocycles. The van der Waals surface area contributed by atoms with Crippen molar-refractivity contribution in [1.29, 1.82) is 0 Å². The second kappa shape index (κ2) is 14.5. The van der Waals surface area contributed by atoms with Gasteiger partial charge >= 0.3 is 5.97 Å². The normalized spacial score (nSPS) is 14.9. The van der Waals surface area contributed by atoms with Crippen molar-refractivity contribution in [1.82, 2.24) is 16.0 Å². The van der Waals surface area contributed by atoms with Crippen molar-refractivity contribution in [3.05, 3.63) is 29.8 Å². The first-order chi connectivity index (χ1) is 16.8. The molecule has 0 aromatic heterocycles. The van der Waals surface area contributed by atoms with Gasteiger partial charge in [0.1, 0.15) is 29.9 Å². The third-order valence-electron chi connectivity index (χ3n) is 5.14. The number of hydrogen-bond donors (Lipinski definition) is 9. The van der Waals surface area contributed by atoms with Gasteiger partial charge in [-0.25, -0.2) is 4.79 Å². The van der Waals surface area contributed by atoms with E-state index in [1.807, 2.05) is 0 Å². The van der Waals surface area contributed by atoms with Gasteiger partial charge in [-0.3, -0.25) is 19.4 Å². The van der Waals surface area contributed by atoms with Crippen LogP contribution < -0.4 is 33.2 Å². The summed E-state index contributed by atoms with van der Waals surface area (Å²) >= 11 is 0. The Labute approximate surface area is 208 Å². The maximum atomic E-state index is 12.8. The number of aromatic hydroxyl groups is 1. The van der Waals surface area contributed by atoms with Crippen molar-refractivity contribution in [3.8, 4) is 5.75 Å². The lowest BCUT2D eigenvalue weighted by atomic mass is 10.1. The van der Waals surface area contributed by atoms with Crippen LogP contribution in [-0.4, -0.2) is 81.8 Å². The second-order valence-corrected chi connectivity index (χ2v) is 8.28. The number of nitrogens with two attached hydrogens (primary N) is 3. The topological polar surface area (TPSA) is 255 Å². The number of aliphatic hydroxyl groups is 1. The van der Waals surface area contributed by atoms with Crippen LogP contribution in [0.25, 0.3) is 0 Å². The summed E-state index contributed by atoms with van der Waals surface area (Å²) in [5.74, 6) is -3.67. The van der Waals surface area contributed by atoms with Crippen molar-refractivity contribution < 1.29 is 34.5 Å². The summed E-state index contributed by atoms with van der Waals surface area (Å²) in [7, 11) is 0. The first-order valence-electron chi connectivity index (χ1n) is 11.2. The molecule has 0 aliphatic carbocycles. The molecule has 1 aromatic carbocycles. The van der Waals surface area contributed by atoms with Gasteiger partial charge in [-0.2, -0.15) is 0 Å². The van der Waals surface area contributed by atoms with E-state index in [-0.39, 0.29) is 31.1 Å². The molecule has 14 heteroatoms. The fourth-order valence-electron chi connectivity index (χ4n) is 3.00. The van der Waals surface area contributed by atoms with Crippen molar-refractivity contribution >= 4 is 29.7 Å². The Hall–Kier alpha value is -3.91. The molecular weight excluding hydrogens is 474 g/mol. The van der Waals surface area contributed by atoms with Gasteiger partial charge in [-0.1, -0.05) is 12.1 Å². The molecule has 0 fully saturated rings. The minimum absolute atomic E-state index is 0.0142. The molecule has 1 aromatic rings. The van der Waals surface area contributed by atoms with Crippen LogP contribution in [0.15, 0.2) is 29.3 Å². The standard InChI is InChI=1S/C22H35N7O7/c1-11(18(32)29-16(21(35)36)10-13-5-7-14(31)8-6-13)27-19(33)15(4-3-9-26-22(24)25)28-20(34)17(23)12(2)30/h5-8,11-12,15-17,30-31H,3-4,9-10,23H2,1-2H3,(H,27,33)(H,28,34)(H,29,32)(H,35,36)(H4,24,25,26). The molecule has 0 aliphatic heterocycles. The number of amides is 3. The zero-order valence-corrected chi connectivity index (χ0v) is 20.2. The molecule has 12 N–H and O–H groups in total. The first kappa shape index (κ1) is 30.1. The van der Waals surface area contributed by atoms with Crippen molar-refractivity contribution in [3.63, 3.8) is 0 Å². The van der Waals surface area contributed by atoms with E-state index >= 15 is 0 Å². The number of benzene rings is 1. The highest BCUT2D eigenvalue weighted by Gasteiger charge is 2.29. The molecule has 3 amide bonds. The molecule has 0 bridgehead atoms. The molecule has 14 nitrogen and oxygen atoms in total. The summed E-state index contributed by atoms with van der Waals surface area (Å²) in [4.78, 5) is 53.1. The van der Waals surface area contributed by atoms with Gasteiger partial charge in [-0.15, -0.1) is 0 Å². The first-order valence-corrected chi connectivity index (χ1v) is 11.2. The number of nitrogens with zero attached hydrogens (tertiary/aromatic N) is 1. The summed E-state index contributed by atoms with van der Waals surface area (Å²) in [5.41, 5.74) is 16.7. The maximum Gasteiger partial charge on any atom is 0.326 e. The number of phenolic OH excluding ortho intramolecular Hbond substituents is 1. The van der Waals surface area contributed by atoms with E-state index in [4.69, 9.17) is 17.2 Å². The highest BCUT2D eigenvalue weighted by molar-refractivity contribution is 5.94. The van der Waals surface area contributed by atoms with E-state index < -0.39 is 54.0 Å². The van der Waals surface area contributed by atoms with Crippen molar-refractivity contribution in [2.45, 2.75) is 63.4 Å². The van der Waals surface area contributed by atoms with E-state index in [9.17, 15) is 34.5 Å². The van der Waals surface area contributed by atoms with Crippen molar-refractivity contribution in [2.24, 2.45) is 22.2 Å². The number of phenols is 1. The van der Waals surface area contributed by atoms with Crippen LogP contribution in [0.3, 0.4) is 0 Å². The maximum absolute atomic E-state index is 12.8. The van der Waals surface area contributed by atoms with Crippen LogP contribution in [0, 0.1) is 0 Å². The Bertz CT molecular complexity index is 933. The SMILES string of the molecule is CC(NC(=O)C(CCCN=C(N)N)NC(=O)C(N)C(C)O)C(=O)NC(Cc1ccc(O)cc1)C(=O)O. The largest absolute Gasteiger partial charge is 0.508 e. The summed E-state index contributed by atoms with van der Waals surface area (Å²) in [6.45, 7) is 2.85. The zero-order chi connectivity index (χ0) is 27.4. The van der Waals surface area contributed by atoms with Gasteiger partial charge in [0.05, 0.1) is 6.10 Å². The number of hydrogen-bond acceptors (Lipinski definition) is 8. The van der Waals surface area contributed by atoms with E-state index in [1.54, 1.807) is 0 Å². The smallest absolute Gasteiger partial charge is 0.326 e. The van der Waals surface area contributed by atoms with E-state index in [0.717, 1.165) is 0 Å². The predicted octanol–water partition coefficient (Wildman–Crippen LogP) is -2.74. The number of nitrogens with one attached hydrogen (secondary N) is 3. The van der Waals surface area contributed by atoms with Gasteiger partial charge < -0.3 is 48.5 Å². The average molecular weight is 510 g/mol. The molecule has 0 heterocycles. The third kappa shape index (κ3) is 10.6. The number of guanidine groups is 1. The fourth-order valence-corrected chi connectivity index (χ4v) is 3.00. The molecule has 5 unspecified atom stereocenters. The molecule has 1 rings (SSSR count). The Morgan fingerprint density at radius 3 is 2.06 bits per heavy atom. The summed E-state index contributed by atoms with van der Waals surface area (Å²) < 4.78 is 0. The number of carbonyl (C=O) groups excluding carboxylic acids is 3. The van der Waals surface area contributed by atoms with Crippen LogP contribution in [-0.2, 0) is 25.6 Å². The third-order valence-corrected chi connectivity index (χ3v) is 5.14. The molecule has 0 aliphatic rings. The molecule has 5 atom stereocenters. The van der Waals surface area contributed by atoms with Gasteiger partial charge in [0.25, 0.3) is 0 Å². The average Bonchev–Trinajstić information content (AvgIpc) is 2.80. The molecule has 0 radical (unpaired) electrons. The van der Waals surface area contributed by atoms with Crippen molar-refractivity contribution in [2.75, 3.05) is 6.54 Å². The van der Waals surface area contributed by atoms with E-state index in [2.05, 4.69) is 20.9 Å². The van der Waals surface area contributed by atoms with Gasteiger partial charge in [0, 0.05) is 13.0 Å². The minimum Gasteiger partial charge on any atom is -0.508 e. The number of carboxylic acids is 1. The lowest BCUT2D eigenvalue weighted by Crippen LogP contribution is -2.57. The van der Waals surface area contributed by atoms with Crippen LogP contribution in [0.2, 0.25) is 0 Å². The Balaban J connectivity index is 2.83. The van der Waals surface area contributed by atoms with Crippen LogP contribution in [0.1, 0.15) is 32.3 Å². The number of rotatable bonds is 14. The fraction of sp³-hybridized carbons (Fsp3) is 0.500. The Morgan fingerprint density at radius 1 is 0.944 bits per heavy atom. The van der Waals surface area contributed by atoms with E-state index in [0.29, 0.717) is 12.0 Å². The quantitative estimate of drug-likeness (QED) is 0.0709. The summed E-state index contributed by atoms with van der Waals surface area (Å²) in [5, 5.41) is 35.6. The van der Waals surface area contributed by atoms with Crippen LogP contribution >= 0.6 is 0 Å². The Kier molecular flexibility index (Phi) is 12.1. The molecule has 200 valence electrons. The number of aliphatic hydroxyl groups excluding tert-OH is 1. The lowest BCUT2D eigenvalue weighted by molar-refractivity contribution is -0.142. The molecular formula is C22H35N7O7. The van der Waals surface area contributed by atoms with Gasteiger partial charge in [0.15, 0.2) is 5.96 Å². The lowest BCUT2D eigenvalue weighted by Gasteiger charge is -2.24. The zero-order valence-electron chi connectivity index (χ0n) is 20.2.